The van der Waals surface area contributed by atoms with E-state index in [4.69, 9.17) is 5.14 Å². The first-order valence-corrected chi connectivity index (χ1v) is 6.98. The van der Waals surface area contributed by atoms with Crippen LogP contribution in [0.1, 0.15) is 6.42 Å². The highest BCUT2D eigenvalue weighted by atomic mass is 32.2. The molecule has 0 amide bonds. The molecular formula is C8H14N6O4S. The molecule has 0 aliphatic heterocycles. The number of aromatic nitrogens is 2. The van der Waals surface area contributed by atoms with Crippen LogP contribution >= 0.6 is 0 Å². The van der Waals surface area contributed by atoms with Crippen molar-refractivity contribution in [3.05, 3.63) is 16.4 Å². The average Bonchev–Trinajstić information content (AvgIpc) is 2.32. The van der Waals surface area contributed by atoms with Crippen molar-refractivity contribution < 1.29 is 13.3 Å². The highest BCUT2D eigenvalue weighted by Crippen LogP contribution is 2.28. The zero-order chi connectivity index (χ0) is 14.5. The van der Waals surface area contributed by atoms with Gasteiger partial charge in [-0.25, -0.2) is 23.5 Å². The summed E-state index contributed by atoms with van der Waals surface area (Å²) in [6.07, 6.45) is 1.38. The molecule has 4 N–H and O–H groups in total. The van der Waals surface area contributed by atoms with Crippen LogP contribution in [0.25, 0.3) is 0 Å². The van der Waals surface area contributed by atoms with Crippen molar-refractivity contribution in [3.63, 3.8) is 0 Å². The van der Waals surface area contributed by atoms with Gasteiger partial charge >= 0.3 is 5.69 Å². The van der Waals surface area contributed by atoms with E-state index in [-0.39, 0.29) is 36.0 Å². The predicted octanol–water partition coefficient (Wildman–Crippen LogP) is -0.483. The highest BCUT2D eigenvalue weighted by molar-refractivity contribution is 7.89. The van der Waals surface area contributed by atoms with Gasteiger partial charge in [0.15, 0.2) is 0 Å². The molecule has 0 aromatic carbocycles. The molecule has 0 saturated heterocycles. The Bertz CT molecular complexity index is 560. The first kappa shape index (κ1) is 15.0. The van der Waals surface area contributed by atoms with Crippen molar-refractivity contribution in [3.8, 4) is 0 Å². The van der Waals surface area contributed by atoms with Gasteiger partial charge in [-0.05, 0) is 6.42 Å². The van der Waals surface area contributed by atoms with Gasteiger partial charge < -0.3 is 10.6 Å². The topological polar surface area (TPSA) is 153 Å². The fourth-order valence-corrected chi connectivity index (χ4v) is 1.89. The van der Waals surface area contributed by atoms with Crippen molar-refractivity contribution in [1.29, 1.82) is 0 Å². The van der Waals surface area contributed by atoms with E-state index < -0.39 is 14.9 Å². The van der Waals surface area contributed by atoms with Gasteiger partial charge in [-0.15, -0.1) is 0 Å². The Kier molecular flexibility index (Phi) is 4.94. The van der Waals surface area contributed by atoms with Gasteiger partial charge in [-0.1, -0.05) is 0 Å². The van der Waals surface area contributed by atoms with Crippen LogP contribution in [0.15, 0.2) is 6.33 Å². The van der Waals surface area contributed by atoms with Gasteiger partial charge in [-0.3, -0.25) is 10.1 Å². The molecule has 1 heterocycles. The summed E-state index contributed by atoms with van der Waals surface area (Å²) in [5, 5.41) is 21.0. The Labute approximate surface area is 109 Å². The lowest BCUT2D eigenvalue weighted by atomic mass is 10.4. The number of hydrogen-bond acceptors (Lipinski definition) is 8. The van der Waals surface area contributed by atoms with Crippen LogP contribution in [0.3, 0.4) is 0 Å². The smallest absolute Gasteiger partial charge is 0.353 e. The molecule has 11 heteroatoms. The molecule has 19 heavy (non-hydrogen) atoms. The van der Waals surface area contributed by atoms with Crippen molar-refractivity contribution >= 4 is 27.3 Å². The Hall–Kier alpha value is -2.01. The second-order valence-corrected chi connectivity index (χ2v) is 5.31. The summed E-state index contributed by atoms with van der Waals surface area (Å²) in [4.78, 5) is 17.8. The zero-order valence-electron chi connectivity index (χ0n) is 10.2. The van der Waals surface area contributed by atoms with E-state index in [0.29, 0.717) is 0 Å². The molecule has 0 radical (unpaired) electrons. The predicted molar refractivity (Wildman–Crippen MR) is 69.3 cm³/mol. The van der Waals surface area contributed by atoms with Crippen LogP contribution in [-0.2, 0) is 10.0 Å². The molecule has 0 spiro atoms. The molecule has 0 aliphatic carbocycles. The molecular weight excluding hydrogens is 276 g/mol. The Morgan fingerprint density at radius 2 is 2.05 bits per heavy atom. The fraction of sp³-hybridized carbons (Fsp3) is 0.500. The largest absolute Gasteiger partial charge is 0.367 e. The summed E-state index contributed by atoms with van der Waals surface area (Å²) in [7, 11) is -2.04. The van der Waals surface area contributed by atoms with Crippen molar-refractivity contribution in [1.82, 2.24) is 9.97 Å². The number of nitrogens with zero attached hydrogens (tertiary/aromatic N) is 3. The lowest BCUT2D eigenvalue weighted by Gasteiger charge is -2.07. The van der Waals surface area contributed by atoms with E-state index in [1.807, 2.05) is 0 Å². The number of nitro groups is 1. The van der Waals surface area contributed by atoms with Gasteiger partial charge in [0, 0.05) is 13.6 Å². The Balaban J connectivity index is 2.76. The standard InChI is InChI=1S/C8H14N6O4S/c1-10-7-6(14(15)16)8(13-5-12-7)11-3-2-4-19(9,17)18/h5H,2-4H2,1H3,(H2,9,17,18)(H2,10,11,12,13). The third-order valence-electron chi connectivity index (χ3n) is 2.14. The molecule has 10 nitrogen and oxygen atoms in total. The summed E-state index contributed by atoms with van der Waals surface area (Å²) >= 11 is 0. The molecule has 1 rings (SSSR count). The second-order valence-electron chi connectivity index (χ2n) is 3.57. The fourth-order valence-electron chi connectivity index (χ4n) is 1.34. The molecule has 0 bridgehead atoms. The minimum Gasteiger partial charge on any atom is -0.367 e. The van der Waals surface area contributed by atoms with Gasteiger partial charge in [0.2, 0.25) is 21.7 Å². The Morgan fingerprint density at radius 1 is 1.42 bits per heavy atom. The number of sulfonamides is 1. The monoisotopic (exact) mass is 290 g/mol. The van der Waals surface area contributed by atoms with Crippen LogP contribution in [0, 0.1) is 10.1 Å². The molecule has 1 aromatic rings. The number of nitrogens with one attached hydrogen (secondary N) is 2. The maximum Gasteiger partial charge on any atom is 0.353 e. The van der Waals surface area contributed by atoms with Crippen LogP contribution in [0.5, 0.6) is 0 Å². The van der Waals surface area contributed by atoms with Crippen LogP contribution in [0.4, 0.5) is 17.3 Å². The molecule has 0 fully saturated rings. The van der Waals surface area contributed by atoms with Gasteiger partial charge in [0.25, 0.3) is 0 Å². The van der Waals surface area contributed by atoms with Gasteiger partial charge in [0.1, 0.15) is 6.33 Å². The quantitative estimate of drug-likeness (QED) is 0.345. The minimum atomic E-state index is -3.54. The summed E-state index contributed by atoms with van der Waals surface area (Å²) in [5.74, 6) is -0.106. The van der Waals surface area contributed by atoms with E-state index in [2.05, 4.69) is 20.6 Å². The van der Waals surface area contributed by atoms with Crippen LogP contribution in [0.2, 0.25) is 0 Å². The van der Waals surface area contributed by atoms with Crippen LogP contribution < -0.4 is 15.8 Å². The summed E-state index contributed by atoms with van der Waals surface area (Å²) in [5.41, 5.74) is -0.291. The summed E-state index contributed by atoms with van der Waals surface area (Å²) in [6, 6.07) is 0. The van der Waals surface area contributed by atoms with E-state index >= 15 is 0 Å². The zero-order valence-corrected chi connectivity index (χ0v) is 11.0. The molecule has 0 saturated carbocycles. The number of anilines is 2. The van der Waals surface area contributed by atoms with Crippen molar-refractivity contribution in [2.75, 3.05) is 30.0 Å². The Morgan fingerprint density at radius 3 is 2.58 bits per heavy atom. The number of primary sulfonamides is 1. The van der Waals surface area contributed by atoms with Gasteiger partial charge in [-0.2, -0.15) is 0 Å². The molecule has 1 aromatic heterocycles. The van der Waals surface area contributed by atoms with Crippen LogP contribution in [-0.4, -0.2) is 42.7 Å². The molecule has 0 aliphatic rings. The van der Waals surface area contributed by atoms with E-state index in [9.17, 15) is 18.5 Å². The molecule has 0 atom stereocenters. The van der Waals surface area contributed by atoms with E-state index in [1.54, 1.807) is 0 Å². The minimum absolute atomic E-state index is 0.0266. The van der Waals surface area contributed by atoms with Gasteiger partial charge in [0.05, 0.1) is 10.7 Å². The maximum atomic E-state index is 10.9. The number of rotatable bonds is 7. The van der Waals surface area contributed by atoms with Crippen molar-refractivity contribution in [2.24, 2.45) is 5.14 Å². The molecule has 106 valence electrons. The SMILES string of the molecule is CNc1ncnc(NCCCS(N)(=O)=O)c1[N+](=O)[O-]. The lowest BCUT2D eigenvalue weighted by molar-refractivity contribution is -0.383. The molecule has 0 unspecified atom stereocenters. The third kappa shape index (κ3) is 4.63. The number of hydrogen-bond donors (Lipinski definition) is 3. The normalized spacial score (nSPS) is 11.1. The number of nitrogens with two attached hydrogens (primary N) is 1. The van der Waals surface area contributed by atoms with E-state index in [0.717, 1.165) is 0 Å². The lowest BCUT2D eigenvalue weighted by Crippen LogP contribution is -2.19. The maximum absolute atomic E-state index is 10.9. The first-order valence-electron chi connectivity index (χ1n) is 5.26. The average molecular weight is 290 g/mol. The van der Waals surface area contributed by atoms with E-state index in [1.165, 1.54) is 13.4 Å². The summed E-state index contributed by atoms with van der Waals surface area (Å²) in [6.45, 7) is 0.192. The van der Waals surface area contributed by atoms with Crippen molar-refractivity contribution in [2.45, 2.75) is 6.42 Å². The second kappa shape index (κ2) is 6.24. The highest BCUT2D eigenvalue weighted by Gasteiger charge is 2.21. The third-order valence-corrected chi connectivity index (χ3v) is 3.00. The first-order chi connectivity index (χ1) is 8.85. The summed E-state index contributed by atoms with van der Waals surface area (Å²) < 4.78 is 21.4.